The lowest BCUT2D eigenvalue weighted by atomic mass is 10.2. The second kappa shape index (κ2) is 5.82. The van der Waals surface area contributed by atoms with Crippen molar-refractivity contribution in [2.45, 2.75) is 26.4 Å². The summed E-state index contributed by atoms with van der Waals surface area (Å²) in [5.41, 5.74) is -0.298. The minimum atomic E-state index is -1.12. The molecular weight excluding hydrogens is 239 g/mol. The lowest BCUT2D eigenvalue weighted by Crippen LogP contribution is -2.22. The van der Waals surface area contributed by atoms with E-state index in [0.717, 1.165) is 12.1 Å². The van der Waals surface area contributed by atoms with E-state index >= 15 is 0 Å². The van der Waals surface area contributed by atoms with E-state index in [1.165, 1.54) is 6.07 Å². The Labute approximate surface area is 105 Å². The number of hydrogen-bond acceptors (Lipinski definition) is 3. The van der Waals surface area contributed by atoms with Gasteiger partial charge in [0, 0.05) is 0 Å². The van der Waals surface area contributed by atoms with E-state index in [1.54, 1.807) is 0 Å². The van der Waals surface area contributed by atoms with Crippen molar-refractivity contribution in [3.05, 3.63) is 29.6 Å². The predicted molar refractivity (Wildman–Crippen MR) is 64.6 cm³/mol. The molecule has 4 nitrogen and oxygen atoms in total. The van der Waals surface area contributed by atoms with Gasteiger partial charge in [0.15, 0.2) is 11.6 Å². The third-order valence-electron chi connectivity index (χ3n) is 2.05. The van der Waals surface area contributed by atoms with Crippen LogP contribution < -0.4 is 4.74 Å². The molecule has 18 heavy (non-hydrogen) atoms. The Morgan fingerprint density at radius 1 is 1.33 bits per heavy atom. The molecule has 0 saturated carbocycles. The van der Waals surface area contributed by atoms with Gasteiger partial charge in [0.2, 0.25) is 0 Å². The summed E-state index contributed by atoms with van der Waals surface area (Å²) in [5.74, 6) is -1.78. The van der Waals surface area contributed by atoms with Crippen molar-refractivity contribution in [3.8, 4) is 5.75 Å². The van der Waals surface area contributed by atoms with E-state index in [4.69, 9.17) is 14.6 Å². The Hall–Kier alpha value is -1.62. The number of benzene rings is 1. The Bertz CT molecular complexity index is 423. The average Bonchev–Trinajstić information content (AvgIpc) is 2.24. The number of ether oxygens (including phenoxy) is 2. The Morgan fingerprint density at radius 3 is 2.56 bits per heavy atom. The van der Waals surface area contributed by atoms with Gasteiger partial charge in [0.25, 0.3) is 0 Å². The van der Waals surface area contributed by atoms with Gasteiger partial charge in [0.1, 0.15) is 6.61 Å². The van der Waals surface area contributed by atoms with Crippen molar-refractivity contribution in [3.63, 3.8) is 0 Å². The maximum Gasteiger partial charge on any atom is 0.335 e. The van der Waals surface area contributed by atoms with Crippen molar-refractivity contribution < 1.29 is 23.8 Å². The minimum Gasteiger partial charge on any atom is -0.488 e. The molecule has 0 fully saturated rings. The van der Waals surface area contributed by atoms with Gasteiger partial charge in [0.05, 0.1) is 17.8 Å². The zero-order valence-electron chi connectivity index (χ0n) is 10.7. The summed E-state index contributed by atoms with van der Waals surface area (Å²) in [6.45, 7) is 6.17. The maximum absolute atomic E-state index is 13.3. The SMILES string of the molecule is CC(C)(C)OCCOc1cc(C(=O)O)ccc1F. The molecule has 0 aliphatic carbocycles. The van der Waals surface area contributed by atoms with E-state index in [1.807, 2.05) is 20.8 Å². The summed E-state index contributed by atoms with van der Waals surface area (Å²) in [6, 6.07) is 3.42. The molecule has 0 aliphatic rings. The maximum atomic E-state index is 13.3. The lowest BCUT2D eigenvalue weighted by Gasteiger charge is -2.19. The first-order valence-electron chi connectivity index (χ1n) is 5.59. The molecule has 0 heterocycles. The largest absolute Gasteiger partial charge is 0.488 e. The second-order valence-corrected chi connectivity index (χ2v) is 4.76. The van der Waals surface area contributed by atoms with Crippen LogP contribution in [-0.4, -0.2) is 29.9 Å². The number of carbonyl (C=O) groups is 1. The zero-order chi connectivity index (χ0) is 13.8. The standard InChI is InChI=1S/C13H17FO4/c1-13(2,3)18-7-6-17-11-8-9(12(15)16)4-5-10(11)14/h4-5,8H,6-7H2,1-3H3,(H,15,16). The Balaban J connectivity index is 2.56. The molecule has 0 bridgehead atoms. The first-order chi connectivity index (χ1) is 8.29. The quantitative estimate of drug-likeness (QED) is 0.823. The highest BCUT2D eigenvalue weighted by molar-refractivity contribution is 5.88. The molecule has 100 valence electrons. The van der Waals surface area contributed by atoms with Crippen LogP contribution in [0, 0.1) is 5.82 Å². The van der Waals surface area contributed by atoms with E-state index in [0.29, 0.717) is 6.61 Å². The second-order valence-electron chi connectivity index (χ2n) is 4.76. The lowest BCUT2D eigenvalue weighted by molar-refractivity contribution is -0.0166. The summed E-state index contributed by atoms with van der Waals surface area (Å²) in [4.78, 5) is 10.7. The van der Waals surface area contributed by atoms with E-state index < -0.39 is 11.8 Å². The fourth-order valence-corrected chi connectivity index (χ4v) is 1.25. The van der Waals surface area contributed by atoms with Crippen molar-refractivity contribution in [2.24, 2.45) is 0 Å². The van der Waals surface area contributed by atoms with Crippen LogP contribution in [0.4, 0.5) is 4.39 Å². The fourth-order valence-electron chi connectivity index (χ4n) is 1.25. The number of carboxylic acid groups (broad SMARTS) is 1. The van der Waals surface area contributed by atoms with Crippen LogP contribution in [0.2, 0.25) is 0 Å². The van der Waals surface area contributed by atoms with Gasteiger partial charge in [-0.15, -0.1) is 0 Å². The molecular formula is C13H17FO4. The molecule has 0 aliphatic heterocycles. The van der Waals surface area contributed by atoms with Gasteiger partial charge in [-0.25, -0.2) is 9.18 Å². The van der Waals surface area contributed by atoms with Crippen molar-refractivity contribution in [1.29, 1.82) is 0 Å². The van der Waals surface area contributed by atoms with Gasteiger partial charge in [-0.2, -0.15) is 0 Å². The first kappa shape index (κ1) is 14.4. The number of aromatic carboxylic acids is 1. The summed E-state index contributed by atoms with van der Waals surface area (Å²) >= 11 is 0. The highest BCUT2D eigenvalue weighted by Gasteiger charge is 2.11. The van der Waals surface area contributed by atoms with Crippen LogP contribution in [0.3, 0.4) is 0 Å². The molecule has 0 spiro atoms. The molecule has 1 aromatic carbocycles. The molecule has 0 unspecified atom stereocenters. The Morgan fingerprint density at radius 2 is 2.00 bits per heavy atom. The monoisotopic (exact) mass is 256 g/mol. The van der Waals surface area contributed by atoms with Crippen molar-refractivity contribution in [2.75, 3.05) is 13.2 Å². The predicted octanol–water partition coefficient (Wildman–Crippen LogP) is 2.72. The summed E-state index contributed by atoms with van der Waals surface area (Å²) < 4.78 is 23.9. The summed E-state index contributed by atoms with van der Waals surface area (Å²) in [5, 5.41) is 8.78. The van der Waals surface area contributed by atoms with Crippen LogP contribution in [0.5, 0.6) is 5.75 Å². The van der Waals surface area contributed by atoms with Gasteiger partial charge in [-0.3, -0.25) is 0 Å². The van der Waals surface area contributed by atoms with Crippen LogP contribution >= 0.6 is 0 Å². The van der Waals surface area contributed by atoms with Crippen LogP contribution in [0.25, 0.3) is 0 Å². The van der Waals surface area contributed by atoms with E-state index in [2.05, 4.69) is 0 Å². The van der Waals surface area contributed by atoms with E-state index in [9.17, 15) is 9.18 Å². The number of hydrogen-bond donors (Lipinski definition) is 1. The average molecular weight is 256 g/mol. The molecule has 0 radical (unpaired) electrons. The highest BCUT2D eigenvalue weighted by Crippen LogP contribution is 2.19. The van der Waals surface area contributed by atoms with Crippen molar-refractivity contribution in [1.82, 2.24) is 0 Å². The first-order valence-corrected chi connectivity index (χ1v) is 5.59. The smallest absolute Gasteiger partial charge is 0.335 e. The van der Waals surface area contributed by atoms with Gasteiger partial charge < -0.3 is 14.6 Å². The molecule has 1 rings (SSSR count). The number of rotatable bonds is 5. The van der Waals surface area contributed by atoms with Crippen LogP contribution in [-0.2, 0) is 4.74 Å². The van der Waals surface area contributed by atoms with Crippen LogP contribution in [0.15, 0.2) is 18.2 Å². The molecule has 0 atom stereocenters. The Kier molecular flexibility index (Phi) is 4.67. The highest BCUT2D eigenvalue weighted by atomic mass is 19.1. The molecule has 0 saturated heterocycles. The topological polar surface area (TPSA) is 55.8 Å². The molecule has 1 aromatic rings. The van der Waals surface area contributed by atoms with Crippen molar-refractivity contribution >= 4 is 5.97 Å². The zero-order valence-corrected chi connectivity index (χ0v) is 10.7. The molecule has 0 aromatic heterocycles. The summed E-state index contributed by atoms with van der Waals surface area (Å²) in [6.07, 6.45) is 0. The molecule has 5 heteroatoms. The van der Waals surface area contributed by atoms with E-state index in [-0.39, 0.29) is 23.5 Å². The number of carboxylic acids is 1. The third-order valence-corrected chi connectivity index (χ3v) is 2.05. The minimum absolute atomic E-state index is 0.0110. The molecule has 0 amide bonds. The van der Waals surface area contributed by atoms with Gasteiger partial charge >= 0.3 is 5.97 Å². The normalized spacial score (nSPS) is 11.3. The van der Waals surface area contributed by atoms with Gasteiger partial charge in [-0.05, 0) is 39.0 Å². The molecule has 1 N–H and O–H groups in total. The fraction of sp³-hybridized carbons (Fsp3) is 0.462. The summed E-state index contributed by atoms with van der Waals surface area (Å²) in [7, 11) is 0. The van der Waals surface area contributed by atoms with Gasteiger partial charge in [-0.1, -0.05) is 0 Å². The van der Waals surface area contributed by atoms with Crippen LogP contribution in [0.1, 0.15) is 31.1 Å². The number of halogens is 1. The third kappa shape index (κ3) is 4.71.